The van der Waals surface area contributed by atoms with E-state index in [2.05, 4.69) is 23.1 Å². The van der Waals surface area contributed by atoms with Crippen molar-refractivity contribution < 1.29 is 42.8 Å². The van der Waals surface area contributed by atoms with E-state index in [1.54, 1.807) is 24.3 Å². The second-order valence-corrected chi connectivity index (χ2v) is 15.2. The van der Waals surface area contributed by atoms with Crippen LogP contribution in [-0.4, -0.2) is 85.5 Å². The van der Waals surface area contributed by atoms with Crippen LogP contribution in [0.3, 0.4) is 0 Å². The Kier molecular flexibility index (Phi) is 12.1. The van der Waals surface area contributed by atoms with Crippen LogP contribution < -0.4 is 10.1 Å². The third-order valence-electron chi connectivity index (χ3n) is 10.1. The van der Waals surface area contributed by atoms with Gasteiger partial charge in [0.15, 0.2) is 0 Å². The third-order valence-corrected chi connectivity index (χ3v) is 12.0. The van der Waals surface area contributed by atoms with Crippen molar-refractivity contribution in [1.29, 1.82) is 0 Å². The van der Waals surface area contributed by atoms with E-state index in [0.717, 1.165) is 36.8 Å². The molecular weight excluding hydrogens is 662 g/mol. The van der Waals surface area contributed by atoms with Gasteiger partial charge in [-0.2, -0.15) is 4.31 Å². The summed E-state index contributed by atoms with van der Waals surface area (Å²) in [4.78, 5) is 17.0. The van der Waals surface area contributed by atoms with E-state index in [9.17, 15) is 28.5 Å². The molecule has 0 bridgehead atoms. The summed E-state index contributed by atoms with van der Waals surface area (Å²) >= 11 is 0. The number of amides is 1. The minimum absolute atomic E-state index is 0.00377. The lowest BCUT2D eigenvalue weighted by molar-refractivity contribution is -0.250. The fourth-order valence-corrected chi connectivity index (χ4v) is 9.44. The fraction of sp³-hybridized carbons (Fsp3) is 0.514. The van der Waals surface area contributed by atoms with Gasteiger partial charge in [-0.05, 0) is 85.6 Å². The number of nitrogens with one attached hydrogen (secondary N) is 1. The van der Waals surface area contributed by atoms with Gasteiger partial charge in [-0.1, -0.05) is 30.1 Å². The number of phenols is 1. The number of benzene rings is 2. The summed E-state index contributed by atoms with van der Waals surface area (Å²) in [6, 6.07) is 10.0. The van der Waals surface area contributed by atoms with Crippen molar-refractivity contribution in [2.24, 2.45) is 22.9 Å². The van der Waals surface area contributed by atoms with Crippen LogP contribution in [0, 0.1) is 17.8 Å². The molecule has 272 valence electrons. The Labute approximate surface area is 294 Å². The van der Waals surface area contributed by atoms with Gasteiger partial charge in [-0.25, -0.2) is 8.42 Å². The average molecular weight is 712 g/mol. The molecule has 4 N–H and O–H groups in total. The smallest absolute Gasteiger partial charge is 0.243 e. The quantitative estimate of drug-likeness (QED) is 0.107. The number of anilines is 1. The number of hydrogen-bond donors (Lipinski definition) is 4. The van der Waals surface area contributed by atoms with Gasteiger partial charge in [0.05, 0.1) is 29.2 Å². The van der Waals surface area contributed by atoms with Crippen LogP contribution in [0.5, 0.6) is 11.5 Å². The molecule has 13 heteroatoms. The Morgan fingerprint density at radius 1 is 1.12 bits per heavy atom. The number of hydrogen-bond acceptors (Lipinski definition) is 10. The Balaban J connectivity index is 1.72. The summed E-state index contributed by atoms with van der Waals surface area (Å²) < 4.78 is 43.8. The molecule has 5 rings (SSSR count). The number of unbranched alkanes of at least 4 members (excludes halogenated alkanes) is 2. The van der Waals surface area contributed by atoms with E-state index in [1.165, 1.54) is 49.7 Å². The van der Waals surface area contributed by atoms with Crippen LogP contribution in [0.4, 0.5) is 5.69 Å². The van der Waals surface area contributed by atoms with Gasteiger partial charge >= 0.3 is 0 Å². The maximum Gasteiger partial charge on any atom is 0.243 e. The highest BCUT2D eigenvalue weighted by Crippen LogP contribution is 2.62. The molecule has 6 atom stereocenters. The number of allylic oxidation sites excluding steroid dienone is 1. The number of oxime groups is 1. The van der Waals surface area contributed by atoms with Crippen molar-refractivity contribution in [3.63, 3.8) is 0 Å². The Bertz CT molecular complexity index is 1690. The number of ether oxygens (including phenoxy) is 2. The molecule has 0 spiro atoms. The summed E-state index contributed by atoms with van der Waals surface area (Å²) in [5.41, 5.74) is 2.66. The lowest BCUT2D eigenvalue weighted by Crippen LogP contribution is -2.69. The predicted octanol–water partition coefficient (Wildman–Crippen LogP) is 4.93. The monoisotopic (exact) mass is 711 g/mol. The molecule has 0 saturated heterocycles. The van der Waals surface area contributed by atoms with Crippen molar-refractivity contribution in [2.45, 2.75) is 74.5 Å². The van der Waals surface area contributed by atoms with Crippen molar-refractivity contribution in [3.05, 3.63) is 72.3 Å². The molecule has 2 aromatic rings. The van der Waals surface area contributed by atoms with E-state index in [-0.39, 0.29) is 60.5 Å². The number of aliphatic hydroxyl groups is 2. The molecule has 12 nitrogen and oxygen atoms in total. The highest BCUT2D eigenvalue weighted by atomic mass is 32.2. The third kappa shape index (κ3) is 7.33. The molecule has 1 saturated carbocycles. The number of phenolic OH excluding ortho intramolecular Hbond substituents is 1. The van der Waals surface area contributed by atoms with Crippen LogP contribution in [0.15, 0.2) is 76.8 Å². The first kappa shape index (κ1) is 37.5. The van der Waals surface area contributed by atoms with Gasteiger partial charge in [0.1, 0.15) is 18.6 Å². The number of sulfonamides is 1. The van der Waals surface area contributed by atoms with Crippen LogP contribution in [0.2, 0.25) is 0 Å². The molecule has 0 unspecified atom stereocenters. The second-order valence-electron chi connectivity index (χ2n) is 13.2. The Hall–Kier alpha value is -3.75. The highest BCUT2D eigenvalue weighted by Gasteiger charge is 2.65. The number of likely N-dealkylation sites (N-methyl/N-ethyl adjacent to an activating group) is 1. The molecule has 1 heterocycles. The normalized spacial score (nSPS) is 26.4. The first-order chi connectivity index (χ1) is 24.0. The molecule has 2 aromatic carbocycles. The molecule has 1 aliphatic heterocycles. The molecule has 2 aliphatic carbocycles. The zero-order valence-electron chi connectivity index (χ0n) is 29.0. The van der Waals surface area contributed by atoms with Crippen molar-refractivity contribution in [1.82, 2.24) is 4.31 Å². The summed E-state index contributed by atoms with van der Waals surface area (Å²) in [6.07, 6.45) is 8.27. The summed E-state index contributed by atoms with van der Waals surface area (Å²) in [7, 11) is -1.21. The van der Waals surface area contributed by atoms with E-state index in [0.29, 0.717) is 30.0 Å². The van der Waals surface area contributed by atoms with Crippen molar-refractivity contribution in [3.8, 4) is 11.5 Å². The number of nitrogens with zero attached hydrogens (tertiary/aromatic N) is 2. The summed E-state index contributed by atoms with van der Waals surface area (Å²) in [5.74, 6) is -2.09. The largest absolute Gasteiger partial charge is 0.508 e. The number of carbonyl (C=O) groups is 1. The number of fused-ring (bicyclic) bond motifs is 2. The topological polar surface area (TPSA) is 167 Å². The van der Waals surface area contributed by atoms with Crippen molar-refractivity contribution in [2.75, 3.05) is 39.3 Å². The van der Waals surface area contributed by atoms with Gasteiger partial charge in [0.2, 0.25) is 21.7 Å². The number of carbonyl (C=O) groups excluding carboxylic acids is 1. The van der Waals surface area contributed by atoms with E-state index in [1.807, 2.05) is 0 Å². The zero-order chi connectivity index (χ0) is 36.1. The number of aliphatic hydroxyl groups excluding tert-OH is 2. The molecule has 0 radical (unpaired) electrons. The molecule has 1 fully saturated rings. The fourth-order valence-electron chi connectivity index (χ4n) is 8.07. The lowest BCUT2D eigenvalue weighted by Gasteiger charge is -2.59. The van der Waals surface area contributed by atoms with E-state index < -0.39 is 27.8 Å². The SMILES string of the molecule is C=CCO[C@@]12Oc3ccc(O)cc3[C@H]3[C@H](CCCCO)[C@@H](CCCCO)C=C(C(=NOC)C[C@@H]1N(C)S(=O)(=O)c1ccc(NC(C)=O)cc1)[C@H]32. The van der Waals surface area contributed by atoms with Crippen LogP contribution >= 0.6 is 0 Å². The molecular formula is C37H49N3O9S. The molecule has 3 aliphatic rings. The minimum atomic E-state index is -4.17. The standard InChI is InChI=1S/C37H49N3O9S/c1-5-20-48-37-34(40(3)50(45,46)28-15-12-26(13-16-28)38-24(2)43)23-32(39-47-4)30-21-25(10-6-8-18-41)29(11-7-9-19-42)35(36(30)37)31-22-27(44)14-17-33(31)49-37/h5,12-17,21-22,25,29,34-36,41-42,44H,1,6-11,18-20,23H2,2-4H3,(H,38,43)/t25-,29+,34-,35+,36+,37+/m0/s1. The van der Waals surface area contributed by atoms with Gasteiger partial charge in [0.25, 0.3) is 0 Å². The van der Waals surface area contributed by atoms with Crippen molar-refractivity contribution >= 4 is 27.3 Å². The Morgan fingerprint density at radius 3 is 2.46 bits per heavy atom. The number of aromatic hydroxyl groups is 1. The van der Waals surface area contributed by atoms with Crippen LogP contribution in [0.1, 0.15) is 63.4 Å². The highest BCUT2D eigenvalue weighted by molar-refractivity contribution is 7.89. The lowest BCUT2D eigenvalue weighted by atomic mass is 9.55. The van der Waals surface area contributed by atoms with E-state index >= 15 is 0 Å². The molecule has 0 aromatic heterocycles. The predicted molar refractivity (Wildman–Crippen MR) is 189 cm³/mol. The summed E-state index contributed by atoms with van der Waals surface area (Å²) in [5, 5.41) is 37.2. The van der Waals surface area contributed by atoms with Gasteiger partial charge in [-0.3, -0.25) is 4.79 Å². The van der Waals surface area contributed by atoms with Crippen LogP contribution in [-0.2, 0) is 24.4 Å². The number of rotatable bonds is 16. The Morgan fingerprint density at radius 2 is 1.82 bits per heavy atom. The van der Waals surface area contributed by atoms with Gasteiger partial charge in [0, 0.05) is 50.8 Å². The first-order valence-corrected chi connectivity index (χ1v) is 18.6. The first-order valence-electron chi connectivity index (χ1n) is 17.2. The maximum atomic E-state index is 14.4. The zero-order valence-corrected chi connectivity index (χ0v) is 29.8. The van der Waals surface area contributed by atoms with E-state index in [4.69, 9.17) is 14.3 Å². The van der Waals surface area contributed by atoms with Crippen LogP contribution in [0.25, 0.3) is 0 Å². The molecule has 50 heavy (non-hydrogen) atoms. The average Bonchev–Trinajstić information content (AvgIpc) is 3.09. The van der Waals surface area contributed by atoms with Gasteiger partial charge in [-0.15, -0.1) is 6.58 Å². The molecule has 1 amide bonds. The summed E-state index contributed by atoms with van der Waals surface area (Å²) in [6.45, 7) is 5.47. The second kappa shape index (κ2) is 16.1. The maximum absolute atomic E-state index is 14.4. The minimum Gasteiger partial charge on any atom is -0.508 e. The van der Waals surface area contributed by atoms with Gasteiger partial charge < -0.3 is 34.9 Å².